The van der Waals surface area contributed by atoms with E-state index in [2.05, 4.69) is 4.90 Å². The minimum atomic E-state index is -1.26. The zero-order chi connectivity index (χ0) is 19.9. The van der Waals surface area contributed by atoms with Gasteiger partial charge in [-0.15, -0.1) is 0 Å². The molecule has 0 amide bonds. The van der Waals surface area contributed by atoms with E-state index < -0.39 is 17.4 Å². The van der Waals surface area contributed by atoms with Crippen LogP contribution in [-0.4, -0.2) is 60.8 Å². The lowest BCUT2D eigenvalue weighted by atomic mass is 9.93. The highest BCUT2D eigenvalue weighted by molar-refractivity contribution is 5.89. The summed E-state index contributed by atoms with van der Waals surface area (Å²) in [4.78, 5) is 33.3. The molecule has 8 nitrogen and oxygen atoms in total. The summed E-state index contributed by atoms with van der Waals surface area (Å²) < 4.78 is 4.99. The van der Waals surface area contributed by atoms with Gasteiger partial charge in [0, 0.05) is 24.4 Å². The van der Waals surface area contributed by atoms with Crippen LogP contribution in [0.4, 0.5) is 5.69 Å². The molecule has 1 fully saturated rings. The number of benzene rings is 1. The van der Waals surface area contributed by atoms with Crippen LogP contribution >= 0.6 is 0 Å². The Balaban J connectivity index is 0.000000359. The van der Waals surface area contributed by atoms with E-state index in [-0.39, 0.29) is 5.97 Å². The minimum Gasteiger partial charge on any atom is -0.478 e. The van der Waals surface area contributed by atoms with Crippen molar-refractivity contribution in [1.82, 2.24) is 4.90 Å². The van der Waals surface area contributed by atoms with Gasteiger partial charge < -0.3 is 25.6 Å². The molecule has 1 aromatic rings. The van der Waals surface area contributed by atoms with Crippen LogP contribution in [0.5, 0.6) is 0 Å². The third kappa shape index (κ3) is 5.59. The molecule has 0 aromatic heterocycles. The number of rotatable bonds is 6. The molecule has 0 spiro atoms. The number of hydrogen-bond acceptors (Lipinski definition) is 6. The zero-order valence-corrected chi connectivity index (χ0v) is 15.0. The Labute approximate surface area is 151 Å². The van der Waals surface area contributed by atoms with E-state index in [1.54, 1.807) is 0 Å². The molecule has 0 aliphatic heterocycles. The molecule has 0 heterocycles. The van der Waals surface area contributed by atoms with Gasteiger partial charge >= 0.3 is 17.9 Å². The van der Waals surface area contributed by atoms with Gasteiger partial charge in [0.25, 0.3) is 0 Å². The third-order valence-electron chi connectivity index (χ3n) is 4.03. The number of nitrogens with two attached hydrogens (primary N) is 1. The number of carboxylic acids is 2. The number of methoxy groups -OCH3 is 1. The fourth-order valence-electron chi connectivity index (χ4n) is 2.82. The first-order valence-corrected chi connectivity index (χ1v) is 7.86. The van der Waals surface area contributed by atoms with Gasteiger partial charge in [0.15, 0.2) is 0 Å². The average molecular weight is 364 g/mol. The van der Waals surface area contributed by atoms with Gasteiger partial charge in [-0.25, -0.2) is 9.59 Å². The Morgan fingerprint density at radius 2 is 1.69 bits per heavy atom. The van der Waals surface area contributed by atoms with Crippen molar-refractivity contribution >= 4 is 23.6 Å². The molecular formula is C18H24N2O6. The first-order chi connectivity index (χ1) is 12.1. The van der Waals surface area contributed by atoms with Crippen LogP contribution in [0.15, 0.2) is 36.4 Å². The quantitative estimate of drug-likeness (QED) is 0.387. The maximum Gasteiger partial charge on any atom is 0.328 e. The van der Waals surface area contributed by atoms with Crippen LogP contribution in [0.25, 0.3) is 0 Å². The molecular weight excluding hydrogens is 340 g/mol. The number of nitrogens with zero attached hydrogens (tertiary/aromatic N) is 1. The second-order valence-corrected chi connectivity index (χ2v) is 6.26. The van der Waals surface area contributed by atoms with E-state index in [4.69, 9.17) is 20.7 Å². The summed E-state index contributed by atoms with van der Waals surface area (Å²) in [6.45, 7) is 0.888. The molecule has 2 atom stereocenters. The summed E-state index contributed by atoms with van der Waals surface area (Å²) in [6, 6.07) is 7.54. The summed E-state index contributed by atoms with van der Waals surface area (Å²) in [5, 5.41) is 15.6. The van der Waals surface area contributed by atoms with Gasteiger partial charge in [-0.05, 0) is 44.1 Å². The molecule has 1 saturated carbocycles. The van der Waals surface area contributed by atoms with E-state index >= 15 is 0 Å². The number of esters is 1. The van der Waals surface area contributed by atoms with Gasteiger partial charge in [-0.3, -0.25) is 4.79 Å². The molecule has 1 aliphatic carbocycles. The number of nitrogen functional groups attached to an aromatic ring is 1. The molecule has 0 saturated heterocycles. The summed E-state index contributed by atoms with van der Waals surface area (Å²) in [5.74, 6) is -2.33. The maximum absolute atomic E-state index is 12.1. The van der Waals surface area contributed by atoms with Crippen LogP contribution in [0, 0.1) is 5.92 Å². The average Bonchev–Trinajstić information content (AvgIpc) is 3.27. The predicted molar refractivity (Wildman–Crippen MR) is 95.6 cm³/mol. The van der Waals surface area contributed by atoms with E-state index in [9.17, 15) is 14.4 Å². The molecule has 26 heavy (non-hydrogen) atoms. The monoisotopic (exact) mass is 364 g/mol. The van der Waals surface area contributed by atoms with E-state index in [0.29, 0.717) is 23.8 Å². The number of anilines is 1. The van der Waals surface area contributed by atoms with Crippen molar-refractivity contribution < 1.29 is 29.3 Å². The summed E-state index contributed by atoms with van der Waals surface area (Å²) in [6.07, 6.45) is 1.96. The van der Waals surface area contributed by atoms with Gasteiger partial charge in [0.1, 0.15) is 0 Å². The first-order valence-electron chi connectivity index (χ1n) is 7.86. The topological polar surface area (TPSA) is 130 Å². The number of ether oxygens (including phenoxy) is 1. The number of aliphatic carboxylic acids is 2. The molecule has 1 aliphatic rings. The summed E-state index contributed by atoms with van der Waals surface area (Å²) in [7, 11) is 5.49. The smallest absolute Gasteiger partial charge is 0.328 e. The van der Waals surface area contributed by atoms with Crippen molar-refractivity contribution in [3.05, 3.63) is 42.0 Å². The molecule has 2 rings (SSSR count). The molecule has 1 aromatic carbocycles. The van der Waals surface area contributed by atoms with E-state index in [1.807, 2.05) is 38.4 Å². The lowest BCUT2D eigenvalue weighted by molar-refractivity contribution is -0.144. The van der Waals surface area contributed by atoms with Crippen LogP contribution in [-0.2, 0) is 24.5 Å². The van der Waals surface area contributed by atoms with Crippen molar-refractivity contribution in [2.45, 2.75) is 11.8 Å². The third-order valence-corrected chi connectivity index (χ3v) is 4.03. The molecule has 8 heteroatoms. The second-order valence-electron chi connectivity index (χ2n) is 6.26. The van der Waals surface area contributed by atoms with Crippen LogP contribution in [0.3, 0.4) is 0 Å². The maximum atomic E-state index is 12.1. The predicted octanol–water partition coefficient (Wildman–Crippen LogP) is 0.973. The summed E-state index contributed by atoms with van der Waals surface area (Å²) >= 11 is 0. The Morgan fingerprint density at radius 1 is 1.19 bits per heavy atom. The highest BCUT2D eigenvalue weighted by Crippen LogP contribution is 2.55. The molecule has 2 unspecified atom stereocenters. The van der Waals surface area contributed by atoms with E-state index in [1.165, 1.54) is 7.11 Å². The molecule has 142 valence electrons. The minimum absolute atomic E-state index is 0.140. The van der Waals surface area contributed by atoms with Crippen molar-refractivity contribution in [3.8, 4) is 0 Å². The number of hydrogen-bond donors (Lipinski definition) is 3. The van der Waals surface area contributed by atoms with Gasteiger partial charge in [0.2, 0.25) is 0 Å². The zero-order valence-electron chi connectivity index (χ0n) is 15.0. The standard InChI is InChI=1S/C14H20N2O2.C4H4O4/c1-16(2)9-11-8-14(11,13(17)18-3)10-4-6-12(15)7-5-10;5-3(6)1-2-4(7)8/h4-7,11H,8-9,15H2,1-3H3;1-2H,(H,5,6)(H,7,8). The normalized spacial score (nSPS) is 21.0. The van der Waals surface area contributed by atoms with E-state index in [0.717, 1.165) is 18.5 Å². The SMILES string of the molecule is COC(=O)C1(c2ccc(N)cc2)CC1CN(C)C.O=C(O)C=CC(=O)O. The van der Waals surface area contributed by atoms with Crippen LogP contribution in [0.2, 0.25) is 0 Å². The number of carbonyl (C=O) groups is 3. The fraction of sp³-hybridized carbons (Fsp3) is 0.389. The van der Waals surface area contributed by atoms with Crippen molar-refractivity contribution in [3.63, 3.8) is 0 Å². The van der Waals surface area contributed by atoms with Crippen molar-refractivity contribution in [1.29, 1.82) is 0 Å². The summed E-state index contributed by atoms with van der Waals surface area (Å²) in [5.41, 5.74) is 6.95. The Morgan fingerprint density at radius 3 is 2.08 bits per heavy atom. The highest BCUT2D eigenvalue weighted by Gasteiger charge is 2.61. The largest absolute Gasteiger partial charge is 0.478 e. The number of carbonyl (C=O) groups excluding carboxylic acids is 1. The van der Waals surface area contributed by atoms with Gasteiger partial charge in [-0.1, -0.05) is 12.1 Å². The van der Waals surface area contributed by atoms with Crippen molar-refractivity contribution in [2.75, 3.05) is 33.5 Å². The second kappa shape index (κ2) is 9.00. The Bertz CT molecular complexity index is 667. The Kier molecular flexibility index (Phi) is 7.33. The van der Waals surface area contributed by atoms with Gasteiger partial charge in [-0.2, -0.15) is 0 Å². The Hall–Kier alpha value is -2.87. The first kappa shape index (κ1) is 21.2. The number of carboxylic acid groups (broad SMARTS) is 2. The fourth-order valence-corrected chi connectivity index (χ4v) is 2.82. The van der Waals surface area contributed by atoms with Crippen molar-refractivity contribution in [2.24, 2.45) is 5.92 Å². The lowest BCUT2D eigenvalue weighted by Gasteiger charge is -2.17. The molecule has 0 radical (unpaired) electrons. The van der Waals surface area contributed by atoms with Crippen LogP contribution in [0.1, 0.15) is 12.0 Å². The highest BCUT2D eigenvalue weighted by atomic mass is 16.5. The van der Waals surface area contributed by atoms with Gasteiger partial charge in [0.05, 0.1) is 12.5 Å². The lowest BCUT2D eigenvalue weighted by Crippen LogP contribution is -2.28. The van der Waals surface area contributed by atoms with Crippen LogP contribution < -0.4 is 5.73 Å². The molecule has 0 bridgehead atoms. The molecule has 4 N–H and O–H groups in total.